The zero-order valence-corrected chi connectivity index (χ0v) is 12.3. The number of nitrogens with zero attached hydrogens (tertiary/aromatic N) is 2. The van der Waals surface area contributed by atoms with Gasteiger partial charge in [-0.15, -0.1) is 0 Å². The highest BCUT2D eigenvalue weighted by molar-refractivity contribution is 5.79. The molecule has 8 nitrogen and oxygen atoms in total. The van der Waals surface area contributed by atoms with Crippen molar-refractivity contribution in [3.05, 3.63) is 30.1 Å². The smallest absolute Gasteiger partial charge is 0.305 e. The number of rotatable bonds is 9. The largest absolute Gasteiger partial charge is 0.481 e. The first kappa shape index (κ1) is 17.6. The van der Waals surface area contributed by atoms with Crippen LogP contribution in [0.2, 0.25) is 0 Å². The molecule has 120 valence electrons. The van der Waals surface area contributed by atoms with Gasteiger partial charge in [0.15, 0.2) is 0 Å². The number of hydrogen-bond donors (Lipinski definition) is 2. The number of amides is 2. The van der Waals surface area contributed by atoms with E-state index in [-0.39, 0.29) is 38.0 Å². The van der Waals surface area contributed by atoms with E-state index in [0.29, 0.717) is 6.54 Å². The number of carboxylic acid groups (broad SMARTS) is 1. The summed E-state index contributed by atoms with van der Waals surface area (Å²) in [5.74, 6) is -1.69. The molecule has 0 unspecified atom stereocenters. The summed E-state index contributed by atoms with van der Waals surface area (Å²) >= 11 is 0. The molecule has 1 rings (SSSR count). The second-order valence-corrected chi connectivity index (χ2v) is 4.59. The summed E-state index contributed by atoms with van der Waals surface area (Å²) in [7, 11) is 1.48. The zero-order chi connectivity index (χ0) is 16.4. The molecule has 0 fully saturated rings. The van der Waals surface area contributed by atoms with Crippen molar-refractivity contribution >= 4 is 17.8 Å². The van der Waals surface area contributed by atoms with E-state index in [1.54, 1.807) is 18.5 Å². The van der Waals surface area contributed by atoms with Crippen LogP contribution in [0, 0.1) is 0 Å². The molecule has 0 spiro atoms. The average Bonchev–Trinajstić information content (AvgIpc) is 2.51. The van der Waals surface area contributed by atoms with Gasteiger partial charge < -0.3 is 20.1 Å². The number of carbonyl (C=O) groups is 3. The topological polar surface area (TPSA) is 109 Å². The number of nitrogens with one attached hydrogen (secondary N) is 1. The Morgan fingerprint density at radius 2 is 2.14 bits per heavy atom. The van der Waals surface area contributed by atoms with Gasteiger partial charge in [-0.2, -0.15) is 0 Å². The molecular formula is C14H19N3O5. The van der Waals surface area contributed by atoms with Crippen molar-refractivity contribution < 1.29 is 24.2 Å². The van der Waals surface area contributed by atoms with E-state index in [1.807, 2.05) is 6.07 Å². The van der Waals surface area contributed by atoms with Crippen molar-refractivity contribution in [2.24, 2.45) is 0 Å². The summed E-state index contributed by atoms with van der Waals surface area (Å²) in [4.78, 5) is 38.7. The Morgan fingerprint density at radius 3 is 2.77 bits per heavy atom. The van der Waals surface area contributed by atoms with Crippen molar-refractivity contribution in [1.82, 2.24) is 15.2 Å². The van der Waals surface area contributed by atoms with Crippen LogP contribution in [0.15, 0.2) is 24.5 Å². The Bertz CT molecular complexity index is 506. The summed E-state index contributed by atoms with van der Waals surface area (Å²) in [6.45, 7) is -0.0670. The van der Waals surface area contributed by atoms with Crippen LogP contribution in [-0.2, 0) is 25.7 Å². The van der Waals surface area contributed by atoms with E-state index >= 15 is 0 Å². The molecule has 0 aliphatic carbocycles. The predicted octanol–water partition coefficient (Wildman–Crippen LogP) is -0.352. The molecule has 2 N–H and O–H groups in total. The van der Waals surface area contributed by atoms with Gasteiger partial charge in [0, 0.05) is 32.5 Å². The molecule has 22 heavy (non-hydrogen) atoms. The lowest BCUT2D eigenvalue weighted by Gasteiger charge is -2.15. The Kier molecular flexibility index (Phi) is 7.55. The molecule has 0 bridgehead atoms. The zero-order valence-electron chi connectivity index (χ0n) is 12.3. The molecule has 0 atom stereocenters. The van der Waals surface area contributed by atoms with Gasteiger partial charge in [-0.25, -0.2) is 0 Å². The molecule has 0 radical (unpaired) electrons. The minimum Gasteiger partial charge on any atom is -0.481 e. The standard InChI is InChI=1S/C14H19N3O5/c1-17(6-4-14(20)21)13(19)10-22-9-12(18)16-8-11-3-2-5-15-7-11/h2-3,5,7H,4,6,8-10H2,1H3,(H,16,18)(H,20,21). The number of pyridine rings is 1. The summed E-state index contributed by atoms with van der Waals surface area (Å²) in [5.41, 5.74) is 0.861. The highest BCUT2D eigenvalue weighted by Crippen LogP contribution is 1.94. The average molecular weight is 309 g/mol. The van der Waals surface area contributed by atoms with Gasteiger partial charge >= 0.3 is 5.97 Å². The molecule has 0 saturated carbocycles. The summed E-state index contributed by atoms with van der Waals surface area (Å²) in [6.07, 6.45) is 3.15. The van der Waals surface area contributed by atoms with E-state index in [9.17, 15) is 14.4 Å². The van der Waals surface area contributed by atoms with Crippen LogP contribution in [0.1, 0.15) is 12.0 Å². The monoisotopic (exact) mass is 309 g/mol. The summed E-state index contributed by atoms with van der Waals surface area (Å²) in [5, 5.41) is 11.2. The number of aromatic nitrogens is 1. The van der Waals surface area contributed by atoms with Crippen LogP contribution in [0.4, 0.5) is 0 Å². The first-order chi connectivity index (χ1) is 10.5. The molecule has 1 heterocycles. The summed E-state index contributed by atoms with van der Waals surface area (Å²) < 4.78 is 5.01. The number of hydrogen-bond acceptors (Lipinski definition) is 5. The minimum atomic E-state index is -0.977. The van der Waals surface area contributed by atoms with Crippen LogP contribution in [0.25, 0.3) is 0 Å². The molecule has 2 amide bonds. The van der Waals surface area contributed by atoms with Crippen LogP contribution in [0.5, 0.6) is 0 Å². The first-order valence-electron chi connectivity index (χ1n) is 6.68. The molecule has 0 aliphatic rings. The van der Waals surface area contributed by atoms with Crippen molar-refractivity contribution in [2.45, 2.75) is 13.0 Å². The maximum Gasteiger partial charge on any atom is 0.305 e. The Hall–Kier alpha value is -2.48. The molecule has 8 heteroatoms. The third kappa shape index (κ3) is 7.34. The van der Waals surface area contributed by atoms with Gasteiger partial charge in [-0.1, -0.05) is 6.07 Å². The van der Waals surface area contributed by atoms with Crippen LogP contribution >= 0.6 is 0 Å². The van der Waals surface area contributed by atoms with Crippen molar-refractivity contribution in [3.63, 3.8) is 0 Å². The second kappa shape index (κ2) is 9.46. The fourth-order valence-corrected chi connectivity index (χ4v) is 1.48. The molecule has 0 aliphatic heterocycles. The Labute approximate surface area is 128 Å². The lowest BCUT2D eigenvalue weighted by Crippen LogP contribution is -2.34. The highest BCUT2D eigenvalue weighted by Gasteiger charge is 2.11. The fraction of sp³-hybridized carbons (Fsp3) is 0.429. The van der Waals surface area contributed by atoms with E-state index in [0.717, 1.165) is 5.56 Å². The van der Waals surface area contributed by atoms with Crippen molar-refractivity contribution in [1.29, 1.82) is 0 Å². The molecule has 0 saturated heterocycles. The van der Waals surface area contributed by atoms with E-state index in [4.69, 9.17) is 9.84 Å². The van der Waals surface area contributed by atoms with Crippen LogP contribution < -0.4 is 5.32 Å². The lowest BCUT2D eigenvalue weighted by atomic mass is 10.3. The highest BCUT2D eigenvalue weighted by atomic mass is 16.5. The van der Waals surface area contributed by atoms with E-state index in [2.05, 4.69) is 10.3 Å². The van der Waals surface area contributed by atoms with Crippen LogP contribution in [-0.4, -0.2) is 59.6 Å². The molecule has 1 aromatic rings. The quantitative estimate of drug-likeness (QED) is 0.645. The Morgan fingerprint density at radius 1 is 1.36 bits per heavy atom. The Balaban J connectivity index is 2.16. The van der Waals surface area contributed by atoms with E-state index < -0.39 is 5.97 Å². The van der Waals surface area contributed by atoms with Gasteiger partial charge in [-0.05, 0) is 11.6 Å². The van der Waals surface area contributed by atoms with Gasteiger partial charge in [0.25, 0.3) is 0 Å². The minimum absolute atomic E-state index is 0.102. The first-order valence-corrected chi connectivity index (χ1v) is 6.68. The van der Waals surface area contributed by atoms with Gasteiger partial charge in [-0.3, -0.25) is 19.4 Å². The van der Waals surface area contributed by atoms with E-state index in [1.165, 1.54) is 11.9 Å². The fourth-order valence-electron chi connectivity index (χ4n) is 1.48. The second-order valence-electron chi connectivity index (χ2n) is 4.59. The predicted molar refractivity (Wildman–Crippen MR) is 76.8 cm³/mol. The van der Waals surface area contributed by atoms with Gasteiger partial charge in [0.05, 0.1) is 6.42 Å². The maximum atomic E-state index is 11.6. The third-order valence-corrected chi connectivity index (χ3v) is 2.76. The van der Waals surface area contributed by atoms with Gasteiger partial charge in [0.2, 0.25) is 11.8 Å². The number of ether oxygens (including phenoxy) is 1. The van der Waals surface area contributed by atoms with Crippen molar-refractivity contribution in [2.75, 3.05) is 26.8 Å². The van der Waals surface area contributed by atoms with Crippen molar-refractivity contribution in [3.8, 4) is 0 Å². The molecule has 1 aromatic heterocycles. The number of likely N-dealkylation sites (N-methyl/N-ethyl adjacent to an activating group) is 1. The third-order valence-electron chi connectivity index (χ3n) is 2.76. The molecule has 0 aromatic carbocycles. The summed E-state index contributed by atoms with van der Waals surface area (Å²) in [6, 6.07) is 3.60. The van der Waals surface area contributed by atoms with Gasteiger partial charge in [0.1, 0.15) is 13.2 Å². The maximum absolute atomic E-state index is 11.6. The lowest BCUT2D eigenvalue weighted by molar-refractivity contribution is -0.139. The number of aliphatic carboxylic acids is 1. The normalized spacial score (nSPS) is 10.0. The number of carbonyl (C=O) groups excluding carboxylic acids is 2. The molecular weight excluding hydrogens is 290 g/mol. The van der Waals surface area contributed by atoms with Crippen LogP contribution in [0.3, 0.4) is 0 Å². The number of carboxylic acids is 1. The SMILES string of the molecule is CN(CCC(=O)O)C(=O)COCC(=O)NCc1cccnc1.